The van der Waals surface area contributed by atoms with Gasteiger partial charge in [-0.3, -0.25) is 13.9 Å². The van der Waals surface area contributed by atoms with Gasteiger partial charge in [-0.1, -0.05) is 56.3 Å². The SMILES string of the molecule is CC[C@H](C)NC(=O)[C@H](CC)N(Cc1ccccc1C)C(=O)CN(c1ccccc1C)S(C)(=O)=O. The molecule has 8 heteroatoms. The summed E-state index contributed by atoms with van der Waals surface area (Å²) in [7, 11) is -3.74. The van der Waals surface area contributed by atoms with Crippen LogP contribution in [0, 0.1) is 13.8 Å². The zero-order chi connectivity index (χ0) is 25.5. The van der Waals surface area contributed by atoms with Crippen LogP contribution in [0.4, 0.5) is 5.69 Å². The van der Waals surface area contributed by atoms with E-state index in [9.17, 15) is 18.0 Å². The van der Waals surface area contributed by atoms with E-state index >= 15 is 0 Å². The van der Waals surface area contributed by atoms with Crippen molar-refractivity contribution in [2.24, 2.45) is 0 Å². The van der Waals surface area contributed by atoms with E-state index in [2.05, 4.69) is 5.32 Å². The second-order valence-corrected chi connectivity index (χ2v) is 10.7. The number of hydrogen-bond donors (Lipinski definition) is 1. The molecule has 0 aromatic heterocycles. The van der Waals surface area contributed by atoms with Gasteiger partial charge in [-0.15, -0.1) is 0 Å². The minimum atomic E-state index is -3.74. The van der Waals surface area contributed by atoms with Gasteiger partial charge in [0.15, 0.2) is 0 Å². The van der Waals surface area contributed by atoms with Crippen molar-refractivity contribution >= 4 is 27.5 Å². The molecule has 0 radical (unpaired) electrons. The van der Waals surface area contributed by atoms with Crippen molar-refractivity contribution in [1.82, 2.24) is 10.2 Å². The molecule has 0 saturated heterocycles. The van der Waals surface area contributed by atoms with Crippen LogP contribution in [-0.2, 0) is 26.2 Å². The lowest BCUT2D eigenvalue weighted by Crippen LogP contribution is -2.53. The monoisotopic (exact) mass is 487 g/mol. The summed E-state index contributed by atoms with van der Waals surface area (Å²) < 4.78 is 26.5. The highest BCUT2D eigenvalue weighted by Crippen LogP contribution is 2.23. The molecule has 0 aliphatic heterocycles. The summed E-state index contributed by atoms with van der Waals surface area (Å²) in [4.78, 5) is 28.3. The number of benzene rings is 2. The molecule has 2 amide bonds. The third-order valence-corrected chi connectivity index (χ3v) is 7.18. The van der Waals surface area contributed by atoms with Crippen molar-refractivity contribution in [3.05, 3.63) is 65.2 Å². The van der Waals surface area contributed by atoms with E-state index in [1.165, 1.54) is 4.90 Å². The van der Waals surface area contributed by atoms with Crippen LogP contribution in [0.1, 0.15) is 50.3 Å². The molecular weight excluding hydrogens is 450 g/mol. The number of hydrogen-bond acceptors (Lipinski definition) is 4. The van der Waals surface area contributed by atoms with Crippen LogP contribution in [-0.4, -0.2) is 50.0 Å². The van der Waals surface area contributed by atoms with Crippen LogP contribution in [0.25, 0.3) is 0 Å². The quantitative estimate of drug-likeness (QED) is 0.522. The summed E-state index contributed by atoms with van der Waals surface area (Å²) in [5.41, 5.74) is 3.10. The Bertz CT molecular complexity index is 1100. The molecule has 0 aliphatic carbocycles. The molecule has 7 nitrogen and oxygen atoms in total. The number of nitrogens with zero attached hydrogens (tertiary/aromatic N) is 2. The Kier molecular flexibility index (Phi) is 9.67. The normalized spacial score (nSPS) is 13.1. The van der Waals surface area contributed by atoms with Gasteiger partial charge in [0.25, 0.3) is 0 Å². The van der Waals surface area contributed by atoms with Crippen molar-refractivity contribution in [2.45, 2.75) is 66.1 Å². The average Bonchev–Trinajstić information content (AvgIpc) is 2.78. The van der Waals surface area contributed by atoms with E-state index in [4.69, 9.17) is 0 Å². The number of nitrogens with one attached hydrogen (secondary N) is 1. The lowest BCUT2D eigenvalue weighted by atomic mass is 10.1. The molecule has 0 aliphatic rings. The van der Waals surface area contributed by atoms with Gasteiger partial charge in [0.05, 0.1) is 11.9 Å². The molecule has 0 saturated carbocycles. The third-order valence-electron chi connectivity index (χ3n) is 6.05. The summed E-state index contributed by atoms with van der Waals surface area (Å²) in [6, 6.07) is 14.0. The van der Waals surface area contributed by atoms with E-state index in [-0.39, 0.29) is 25.0 Å². The topological polar surface area (TPSA) is 86.8 Å². The maximum absolute atomic E-state index is 13.7. The molecule has 2 aromatic carbocycles. The first-order valence-electron chi connectivity index (χ1n) is 11.7. The Morgan fingerprint density at radius 3 is 2.06 bits per heavy atom. The summed E-state index contributed by atoms with van der Waals surface area (Å²) in [6.07, 6.45) is 2.26. The van der Waals surface area contributed by atoms with Crippen molar-refractivity contribution in [1.29, 1.82) is 0 Å². The van der Waals surface area contributed by atoms with Gasteiger partial charge in [-0.05, 0) is 56.4 Å². The van der Waals surface area contributed by atoms with E-state index < -0.39 is 22.0 Å². The van der Waals surface area contributed by atoms with Crippen molar-refractivity contribution < 1.29 is 18.0 Å². The minimum Gasteiger partial charge on any atom is -0.352 e. The van der Waals surface area contributed by atoms with Crippen molar-refractivity contribution in [2.75, 3.05) is 17.1 Å². The molecule has 0 unspecified atom stereocenters. The van der Waals surface area contributed by atoms with E-state index in [0.29, 0.717) is 12.1 Å². The number of aryl methyl sites for hydroxylation is 2. The van der Waals surface area contributed by atoms with Crippen LogP contribution in [0.15, 0.2) is 48.5 Å². The van der Waals surface area contributed by atoms with Gasteiger partial charge >= 0.3 is 0 Å². The number of sulfonamides is 1. The Hall–Kier alpha value is -2.87. The van der Waals surface area contributed by atoms with Gasteiger partial charge in [-0.2, -0.15) is 0 Å². The van der Waals surface area contributed by atoms with Gasteiger partial charge in [-0.25, -0.2) is 8.42 Å². The molecule has 2 rings (SSSR count). The number of carbonyl (C=O) groups is 2. The standard InChI is InChI=1S/C26H37N3O4S/c1-7-21(5)27-26(31)23(8-2)28(17-22-15-11-9-13-19(22)3)25(30)18-29(34(6,32)33)24-16-12-10-14-20(24)4/h9-16,21,23H,7-8,17-18H2,1-6H3,(H,27,31)/t21-,23-/m0/s1. The van der Waals surface area contributed by atoms with Crippen LogP contribution in [0.5, 0.6) is 0 Å². The van der Waals surface area contributed by atoms with Crippen LogP contribution < -0.4 is 9.62 Å². The van der Waals surface area contributed by atoms with Gasteiger partial charge in [0.1, 0.15) is 12.6 Å². The molecular formula is C26H37N3O4S. The Morgan fingerprint density at radius 2 is 1.53 bits per heavy atom. The van der Waals surface area contributed by atoms with E-state index in [0.717, 1.165) is 33.7 Å². The second-order valence-electron chi connectivity index (χ2n) is 8.75. The minimum absolute atomic E-state index is 0.0311. The Labute approximate surface area is 204 Å². The highest BCUT2D eigenvalue weighted by molar-refractivity contribution is 7.92. The van der Waals surface area contributed by atoms with Gasteiger partial charge in [0, 0.05) is 12.6 Å². The first-order valence-corrected chi connectivity index (χ1v) is 13.5. The second kappa shape index (κ2) is 12.0. The molecule has 34 heavy (non-hydrogen) atoms. The maximum Gasteiger partial charge on any atom is 0.244 e. The summed E-state index contributed by atoms with van der Waals surface area (Å²) in [5, 5.41) is 2.98. The molecule has 186 valence electrons. The average molecular weight is 488 g/mol. The maximum atomic E-state index is 13.7. The molecule has 0 fully saturated rings. The summed E-state index contributed by atoms with van der Waals surface area (Å²) in [6.45, 7) is 9.34. The van der Waals surface area contributed by atoms with Crippen molar-refractivity contribution in [3.8, 4) is 0 Å². The molecule has 0 spiro atoms. The lowest BCUT2D eigenvalue weighted by molar-refractivity contribution is -0.140. The zero-order valence-electron chi connectivity index (χ0n) is 21.0. The number of amides is 2. The first-order chi connectivity index (χ1) is 16.0. The number of carbonyl (C=O) groups excluding carboxylic acids is 2. The molecule has 1 N–H and O–H groups in total. The van der Waals surface area contributed by atoms with E-state index in [1.807, 2.05) is 58.0 Å². The van der Waals surface area contributed by atoms with Crippen LogP contribution >= 0.6 is 0 Å². The lowest BCUT2D eigenvalue weighted by Gasteiger charge is -2.34. The molecule has 2 atom stereocenters. The fourth-order valence-corrected chi connectivity index (χ4v) is 4.68. The summed E-state index contributed by atoms with van der Waals surface area (Å²) >= 11 is 0. The smallest absolute Gasteiger partial charge is 0.244 e. The summed E-state index contributed by atoms with van der Waals surface area (Å²) in [5.74, 6) is -0.663. The predicted molar refractivity (Wildman–Crippen MR) is 137 cm³/mol. The van der Waals surface area contributed by atoms with Crippen molar-refractivity contribution in [3.63, 3.8) is 0 Å². The third kappa shape index (κ3) is 7.06. The Balaban J connectivity index is 2.47. The van der Waals surface area contributed by atoms with Crippen LogP contribution in [0.3, 0.4) is 0 Å². The molecule has 0 heterocycles. The van der Waals surface area contributed by atoms with E-state index in [1.54, 1.807) is 25.1 Å². The Morgan fingerprint density at radius 1 is 0.941 bits per heavy atom. The van der Waals surface area contributed by atoms with Gasteiger partial charge in [0.2, 0.25) is 21.8 Å². The highest BCUT2D eigenvalue weighted by atomic mass is 32.2. The number of anilines is 1. The predicted octanol–water partition coefficient (Wildman–Crippen LogP) is 3.79. The largest absolute Gasteiger partial charge is 0.352 e. The molecule has 2 aromatic rings. The fraction of sp³-hybridized carbons (Fsp3) is 0.462. The number of para-hydroxylation sites is 1. The van der Waals surface area contributed by atoms with Gasteiger partial charge < -0.3 is 10.2 Å². The highest BCUT2D eigenvalue weighted by Gasteiger charge is 2.32. The fourth-order valence-electron chi connectivity index (χ4n) is 3.77. The zero-order valence-corrected chi connectivity index (χ0v) is 21.9. The molecule has 0 bridgehead atoms. The van der Waals surface area contributed by atoms with Crippen LogP contribution in [0.2, 0.25) is 0 Å². The first kappa shape index (κ1) is 27.4. The number of rotatable bonds is 11.